The van der Waals surface area contributed by atoms with Crippen molar-refractivity contribution < 1.29 is 23.2 Å². The summed E-state index contributed by atoms with van der Waals surface area (Å²) in [6.07, 6.45) is 4.61. The predicted molar refractivity (Wildman–Crippen MR) is 125 cm³/mol. The van der Waals surface area contributed by atoms with Crippen LogP contribution in [0.5, 0.6) is 5.75 Å². The standard InChI is InChI=1S/C26H34FN3O4/c1-18(2)14-21-16-24(34-28-21)26(32)30-13-10-23(33-22-8-6-20(27)7-9-22)19(17-30)15-25(31)29-11-4-3-5-12-29/h6-9,16,18-19,23H,3-5,10-15,17H2,1-2H3/t19-,23-/m0/s1. The Labute approximate surface area is 200 Å². The van der Waals surface area contributed by atoms with E-state index in [0.717, 1.165) is 44.5 Å². The van der Waals surface area contributed by atoms with Crippen LogP contribution in [-0.4, -0.2) is 59.1 Å². The molecule has 1 aromatic carbocycles. The van der Waals surface area contributed by atoms with Gasteiger partial charge in [-0.15, -0.1) is 0 Å². The number of amides is 2. The van der Waals surface area contributed by atoms with Gasteiger partial charge in [-0.3, -0.25) is 9.59 Å². The maximum absolute atomic E-state index is 13.3. The molecule has 34 heavy (non-hydrogen) atoms. The molecule has 0 aliphatic carbocycles. The molecule has 0 bridgehead atoms. The number of likely N-dealkylation sites (tertiary alicyclic amines) is 2. The third kappa shape index (κ3) is 6.15. The Kier molecular flexibility index (Phi) is 7.85. The van der Waals surface area contributed by atoms with Crippen molar-refractivity contribution in [2.24, 2.45) is 11.8 Å². The van der Waals surface area contributed by atoms with Crippen molar-refractivity contribution in [2.75, 3.05) is 26.2 Å². The second kappa shape index (κ2) is 11.0. The van der Waals surface area contributed by atoms with Crippen LogP contribution in [-0.2, 0) is 11.2 Å². The zero-order chi connectivity index (χ0) is 24.1. The molecule has 2 amide bonds. The maximum atomic E-state index is 13.3. The quantitative estimate of drug-likeness (QED) is 0.601. The molecule has 0 radical (unpaired) electrons. The summed E-state index contributed by atoms with van der Waals surface area (Å²) in [4.78, 5) is 29.9. The van der Waals surface area contributed by atoms with E-state index in [-0.39, 0.29) is 35.4 Å². The number of aromatic nitrogens is 1. The summed E-state index contributed by atoms with van der Waals surface area (Å²) in [6, 6.07) is 7.64. The number of hydrogen-bond acceptors (Lipinski definition) is 5. The lowest BCUT2D eigenvalue weighted by molar-refractivity contribution is -0.134. The Bertz CT molecular complexity index is 969. The van der Waals surface area contributed by atoms with E-state index in [0.29, 0.717) is 37.6 Å². The second-order valence-corrected chi connectivity index (χ2v) is 9.84. The van der Waals surface area contributed by atoms with E-state index in [1.54, 1.807) is 23.1 Å². The zero-order valence-corrected chi connectivity index (χ0v) is 20.0. The lowest BCUT2D eigenvalue weighted by Crippen LogP contribution is -2.49. The first-order valence-electron chi connectivity index (χ1n) is 12.3. The van der Waals surface area contributed by atoms with E-state index >= 15 is 0 Å². The monoisotopic (exact) mass is 471 g/mol. The molecule has 184 valence electrons. The molecule has 2 fully saturated rings. The van der Waals surface area contributed by atoms with Gasteiger partial charge in [0.15, 0.2) is 0 Å². The lowest BCUT2D eigenvalue weighted by atomic mass is 9.90. The number of benzene rings is 1. The predicted octanol–water partition coefficient (Wildman–Crippen LogP) is 4.32. The number of rotatable bonds is 7. The van der Waals surface area contributed by atoms with Crippen LogP contribution in [0.25, 0.3) is 0 Å². The van der Waals surface area contributed by atoms with Crippen LogP contribution in [0.1, 0.15) is 62.2 Å². The number of carbonyl (C=O) groups excluding carboxylic acids is 2. The summed E-state index contributed by atoms with van der Waals surface area (Å²) >= 11 is 0. The van der Waals surface area contributed by atoms with Gasteiger partial charge in [-0.1, -0.05) is 19.0 Å². The van der Waals surface area contributed by atoms with Crippen LogP contribution in [0.2, 0.25) is 0 Å². The normalized spacial score (nSPS) is 21.1. The van der Waals surface area contributed by atoms with Gasteiger partial charge in [-0.05, 0) is 55.9 Å². The van der Waals surface area contributed by atoms with Crippen molar-refractivity contribution in [1.82, 2.24) is 15.0 Å². The number of hydrogen-bond donors (Lipinski definition) is 0. The SMILES string of the molecule is CC(C)Cc1cc(C(=O)N2CC[C@H](Oc3ccc(F)cc3)[C@@H](CC(=O)N3CCCCC3)C2)on1. The molecule has 8 heteroatoms. The third-order valence-corrected chi connectivity index (χ3v) is 6.59. The van der Waals surface area contributed by atoms with Crippen molar-refractivity contribution in [2.45, 2.75) is 58.5 Å². The van der Waals surface area contributed by atoms with Gasteiger partial charge >= 0.3 is 0 Å². The minimum Gasteiger partial charge on any atom is -0.490 e. The topological polar surface area (TPSA) is 75.9 Å². The summed E-state index contributed by atoms with van der Waals surface area (Å²) in [5.74, 6) is 0.606. The molecule has 0 N–H and O–H groups in total. The molecular weight excluding hydrogens is 437 g/mol. The van der Waals surface area contributed by atoms with Gasteiger partial charge < -0.3 is 19.1 Å². The van der Waals surface area contributed by atoms with Crippen LogP contribution in [0.4, 0.5) is 4.39 Å². The molecular formula is C26H34FN3O4. The Morgan fingerprint density at radius 3 is 2.56 bits per heavy atom. The van der Waals surface area contributed by atoms with Crippen molar-refractivity contribution in [3.63, 3.8) is 0 Å². The molecule has 1 aromatic heterocycles. The highest BCUT2D eigenvalue weighted by atomic mass is 19.1. The molecule has 0 spiro atoms. The van der Waals surface area contributed by atoms with E-state index in [2.05, 4.69) is 19.0 Å². The number of carbonyl (C=O) groups is 2. The van der Waals surface area contributed by atoms with Crippen LogP contribution in [0.3, 0.4) is 0 Å². The van der Waals surface area contributed by atoms with Crippen molar-refractivity contribution in [3.05, 3.63) is 47.6 Å². The summed E-state index contributed by atoms with van der Waals surface area (Å²) in [7, 11) is 0. The van der Waals surface area contributed by atoms with Crippen LogP contribution in [0.15, 0.2) is 34.9 Å². The number of piperidine rings is 2. The zero-order valence-electron chi connectivity index (χ0n) is 20.0. The second-order valence-electron chi connectivity index (χ2n) is 9.84. The van der Waals surface area contributed by atoms with Gasteiger partial charge in [0.2, 0.25) is 11.7 Å². The first-order chi connectivity index (χ1) is 16.4. The van der Waals surface area contributed by atoms with E-state index in [1.807, 2.05) is 4.90 Å². The van der Waals surface area contributed by atoms with Crippen LogP contribution < -0.4 is 4.74 Å². The minimum atomic E-state index is -0.325. The highest BCUT2D eigenvalue weighted by Gasteiger charge is 2.36. The van der Waals surface area contributed by atoms with Gasteiger partial charge in [0.05, 0.1) is 5.69 Å². The molecule has 3 heterocycles. The highest BCUT2D eigenvalue weighted by Crippen LogP contribution is 2.28. The van der Waals surface area contributed by atoms with E-state index in [4.69, 9.17) is 9.26 Å². The first kappa shape index (κ1) is 24.2. The van der Waals surface area contributed by atoms with E-state index in [9.17, 15) is 14.0 Å². The van der Waals surface area contributed by atoms with Crippen molar-refractivity contribution in [1.29, 1.82) is 0 Å². The summed E-state index contributed by atoms with van der Waals surface area (Å²) in [5.41, 5.74) is 0.768. The van der Waals surface area contributed by atoms with Gasteiger partial charge in [-0.25, -0.2) is 4.39 Å². The van der Waals surface area contributed by atoms with Crippen LogP contribution in [0, 0.1) is 17.7 Å². The van der Waals surface area contributed by atoms with Crippen LogP contribution >= 0.6 is 0 Å². The molecule has 7 nitrogen and oxygen atoms in total. The molecule has 2 atom stereocenters. The van der Waals surface area contributed by atoms with E-state index < -0.39 is 0 Å². The number of halogens is 1. The fourth-order valence-electron chi connectivity index (χ4n) is 4.81. The Morgan fingerprint density at radius 2 is 1.85 bits per heavy atom. The summed E-state index contributed by atoms with van der Waals surface area (Å²) in [6.45, 7) is 6.63. The number of nitrogens with zero attached hydrogens (tertiary/aromatic N) is 3. The molecule has 0 saturated carbocycles. The lowest BCUT2D eigenvalue weighted by Gasteiger charge is -2.39. The fraction of sp³-hybridized carbons (Fsp3) is 0.577. The minimum absolute atomic E-state index is 0.102. The maximum Gasteiger partial charge on any atom is 0.292 e. The molecule has 4 rings (SSSR count). The smallest absolute Gasteiger partial charge is 0.292 e. The molecule has 2 aromatic rings. The average molecular weight is 472 g/mol. The van der Waals surface area contributed by atoms with Crippen molar-refractivity contribution in [3.8, 4) is 5.75 Å². The first-order valence-corrected chi connectivity index (χ1v) is 12.3. The Hall–Kier alpha value is -2.90. The molecule has 2 aliphatic heterocycles. The Balaban J connectivity index is 1.46. The molecule has 2 saturated heterocycles. The summed E-state index contributed by atoms with van der Waals surface area (Å²) < 4.78 is 24.9. The van der Waals surface area contributed by atoms with Gasteiger partial charge in [0.1, 0.15) is 17.7 Å². The molecule has 0 unspecified atom stereocenters. The number of ether oxygens (including phenoxy) is 1. The van der Waals surface area contributed by atoms with Gasteiger partial charge in [-0.2, -0.15) is 0 Å². The third-order valence-electron chi connectivity index (χ3n) is 6.59. The Morgan fingerprint density at radius 1 is 1.12 bits per heavy atom. The van der Waals surface area contributed by atoms with Gasteiger partial charge in [0, 0.05) is 51.0 Å². The van der Waals surface area contributed by atoms with E-state index in [1.165, 1.54) is 12.1 Å². The van der Waals surface area contributed by atoms with Gasteiger partial charge in [0.25, 0.3) is 5.91 Å². The van der Waals surface area contributed by atoms with Crippen molar-refractivity contribution >= 4 is 11.8 Å². The average Bonchev–Trinajstić information content (AvgIpc) is 3.29. The fourth-order valence-corrected chi connectivity index (χ4v) is 4.81. The largest absolute Gasteiger partial charge is 0.490 e. The molecule has 2 aliphatic rings. The summed E-state index contributed by atoms with van der Waals surface area (Å²) in [5, 5.41) is 4.04. The highest BCUT2D eigenvalue weighted by molar-refractivity contribution is 5.91.